The largest absolute Gasteiger partial charge is 0.318 e. The summed E-state index contributed by atoms with van der Waals surface area (Å²) in [6, 6.07) is 1.42. The standard InChI is InChI=1S/C9H11BrN6/c1-5-12-4-3-6(13-5)7(11)8-9(10)14-15-16(8)2/h3-4,7H,11H2,1-2H3. The maximum Gasteiger partial charge on any atom is 0.153 e. The molecule has 0 bridgehead atoms. The maximum atomic E-state index is 6.11. The molecule has 0 saturated carbocycles. The Hall–Kier alpha value is -1.34. The van der Waals surface area contributed by atoms with Gasteiger partial charge in [-0.1, -0.05) is 5.21 Å². The van der Waals surface area contributed by atoms with E-state index in [1.54, 1.807) is 24.0 Å². The van der Waals surface area contributed by atoms with Crippen LogP contribution in [0.15, 0.2) is 16.9 Å². The van der Waals surface area contributed by atoms with Crippen LogP contribution in [0.2, 0.25) is 0 Å². The molecule has 2 aromatic heterocycles. The Kier molecular flexibility index (Phi) is 2.97. The van der Waals surface area contributed by atoms with E-state index in [1.165, 1.54) is 0 Å². The normalized spacial score (nSPS) is 12.8. The molecule has 1 atom stereocenters. The van der Waals surface area contributed by atoms with E-state index in [-0.39, 0.29) is 6.04 Å². The minimum Gasteiger partial charge on any atom is -0.318 e. The molecule has 7 heteroatoms. The van der Waals surface area contributed by atoms with Gasteiger partial charge in [0.25, 0.3) is 0 Å². The van der Waals surface area contributed by atoms with Gasteiger partial charge in [-0.3, -0.25) is 0 Å². The molecule has 0 saturated heterocycles. The van der Waals surface area contributed by atoms with Crippen LogP contribution in [0.5, 0.6) is 0 Å². The molecule has 2 aromatic rings. The van der Waals surface area contributed by atoms with Gasteiger partial charge in [-0.2, -0.15) is 0 Å². The number of hydrogen-bond acceptors (Lipinski definition) is 5. The van der Waals surface area contributed by atoms with Crippen molar-refractivity contribution in [3.8, 4) is 0 Å². The van der Waals surface area contributed by atoms with Gasteiger partial charge in [0.2, 0.25) is 0 Å². The number of rotatable bonds is 2. The van der Waals surface area contributed by atoms with Crippen molar-refractivity contribution >= 4 is 15.9 Å². The topological polar surface area (TPSA) is 82.5 Å². The van der Waals surface area contributed by atoms with Crippen LogP contribution in [0.4, 0.5) is 0 Å². The molecule has 0 aliphatic rings. The second kappa shape index (κ2) is 4.26. The first-order valence-corrected chi connectivity index (χ1v) is 5.49. The summed E-state index contributed by atoms with van der Waals surface area (Å²) >= 11 is 3.32. The van der Waals surface area contributed by atoms with Crippen molar-refractivity contribution in [3.63, 3.8) is 0 Å². The summed E-state index contributed by atoms with van der Waals surface area (Å²) in [7, 11) is 1.79. The van der Waals surface area contributed by atoms with E-state index in [4.69, 9.17) is 5.73 Å². The Morgan fingerprint density at radius 2 is 2.25 bits per heavy atom. The molecule has 0 spiro atoms. The lowest BCUT2D eigenvalue weighted by Gasteiger charge is -2.11. The highest BCUT2D eigenvalue weighted by atomic mass is 79.9. The summed E-state index contributed by atoms with van der Waals surface area (Å²) < 4.78 is 2.27. The smallest absolute Gasteiger partial charge is 0.153 e. The summed E-state index contributed by atoms with van der Waals surface area (Å²) in [4.78, 5) is 8.32. The lowest BCUT2D eigenvalue weighted by Crippen LogP contribution is -2.18. The van der Waals surface area contributed by atoms with Crippen LogP contribution in [0, 0.1) is 6.92 Å². The third kappa shape index (κ3) is 1.96. The van der Waals surface area contributed by atoms with Crippen LogP contribution in [0.3, 0.4) is 0 Å². The number of nitrogens with zero attached hydrogens (tertiary/aromatic N) is 5. The van der Waals surface area contributed by atoms with Crippen molar-refractivity contribution in [2.75, 3.05) is 0 Å². The van der Waals surface area contributed by atoms with E-state index in [2.05, 4.69) is 36.2 Å². The second-order valence-electron chi connectivity index (χ2n) is 3.40. The van der Waals surface area contributed by atoms with Crippen molar-refractivity contribution < 1.29 is 0 Å². The average Bonchev–Trinajstić information content (AvgIpc) is 2.58. The maximum absolute atomic E-state index is 6.11. The van der Waals surface area contributed by atoms with E-state index in [1.807, 2.05) is 6.92 Å². The van der Waals surface area contributed by atoms with Gasteiger partial charge in [-0.15, -0.1) is 5.10 Å². The highest BCUT2D eigenvalue weighted by Crippen LogP contribution is 2.22. The molecule has 2 rings (SSSR count). The monoisotopic (exact) mass is 282 g/mol. The quantitative estimate of drug-likeness (QED) is 0.878. The summed E-state index contributed by atoms with van der Waals surface area (Å²) in [5.41, 5.74) is 7.65. The molecule has 0 amide bonds. The zero-order valence-electron chi connectivity index (χ0n) is 8.92. The Balaban J connectivity index is 2.43. The molecular formula is C9H11BrN6. The van der Waals surface area contributed by atoms with E-state index >= 15 is 0 Å². The second-order valence-corrected chi connectivity index (χ2v) is 4.15. The lowest BCUT2D eigenvalue weighted by atomic mass is 10.1. The first kappa shape index (κ1) is 11.2. The number of aromatic nitrogens is 5. The summed E-state index contributed by atoms with van der Waals surface area (Å²) in [6.45, 7) is 1.83. The fraction of sp³-hybridized carbons (Fsp3) is 0.333. The molecule has 2 N–H and O–H groups in total. The minimum absolute atomic E-state index is 0.365. The zero-order chi connectivity index (χ0) is 11.7. The number of halogens is 1. The molecule has 84 valence electrons. The van der Waals surface area contributed by atoms with Gasteiger partial charge in [0.1, 0.15) is 5.82 Å². The number of hydrogen-bond donors (Lipinski definition) is 1. The zero-order valence-corrected chi connectivity index (χ0v) is 10.5. The van der Waals surface area contributed by atoms with Gasteiger partial charge in [-0.25, -0.2) is 14.6 Å². The van der Waals surface area contributed by atoms with Crippen LogP contribution in [0.1, 0.15) is 23.3 Å². The SMILES string of the molecule is Cc1nccc(C(N)c2c(Br)nnn2C)n1. The Morgan fingerprint density at radius 1 is 1.50 bits per heavy atom. The lowest BCUT2D eigenvalue weighted by molar-refractivity contribution is 0.642. The molecule has 16 heavy (non-hydrogen) atoms. The molecule has 0 aromatic carbocycles. The highest BCUT2D eigenvalue weighted by molar-refractivity contribution is 9.10. The van der Waals surface area contributed by atoms with Crippen molar-refractivity contribution in [3.05, 3.63) is 34.1 Å². The first-order chi connectivity index (χ1) is 7.59. The average molecular weight is 283 g/mol. The minimum atomic E-state index is -0.365. The number of aryl methyl sites for hydroxylation is 2. The molecule has 1 unspecified atom stereocenters. The number of nitrogens with two attached hydrogens (primary N) is 1. The van der Waals surface area contributed by atoms with Crippen LogP contribution in [-0.4, -0.2) is 25.0 Å². The Bertz CT molecular complexity index is 489. The molecule has 0 radical (unpaired) electrons. The summed E-state index contributed by atoms with van der Waals surface area (Å²) in [6.07, 6.45) is 1.69. The van der Waals surface area contributed by atoms with Crippen LogP contribution < -0.4 is 5.73 Å². The molecule has 6 nitrogen and oxygen atoms in total. The molecular weight excluding hydrogens is 272 g/mol. The van der Waals surface area contributed by atoms with E-state index in [0.717, 1.165) is 11.4 Å². The molecule has 0 aliphatic carbocycles. The van der Waals surface area contributed by atoms with Gasteiger partial charge in [0.15, 0.2) is 4.60 Å². The third-order valence-corrected chi connectivity index (χ3v) is 2.80. The van der Waals surface area contributed by atoms with Crippen LogP contribution in [-0.2, 0) is 7.05 Å². The molecule has 2 heterocycles. The Labute approximate surface area is 101 Å². The Morgan fingerprint density at radius 3 is 2.81 bits per heavy atom. The fourth-order valence-corrected chi connectivity index (χ4v) is 2.03. The van der Waals surface area contributed by atoms with Gasteiger partial charge < -0.3 is 5.73 Å². The van der Waals surface area contributed by atoms with Gasteiger partial charge in [-0.05, 0) is 28.9 Å². The van der Waals surface area contributed by atoms with Crippen LogP contribution in [0.25, 0.3) is 0 Å². The fourth-order valence-electron chi connectivity index (χ4n) is 1.46. The predicted octanol–water partition coefficient (Wildman–Crippen LogP) is 0.724. The third-order valence-electron chi connectivity index (χ3n) is 2.24. The van der Waals surface area contributed by atoms with Crippen molar-refractivity contribution in [1.29, 1.82) is 0 Å². The van der Waals surface area contributed by atoms with Gasteiger partial charge >= 0.3 is 0 Å². The van der Waals surface area contributed by atoms with Gasteiger partial charge in [0.05, 0.1) is 17.4 Å². The van der Waals surface area contributed by atoms with Crippen LogP contribution >= 0.6 is 15.9 Å². The van der Waals surface area contributed by atoms with Crippen molar-refractivity contribution in [2.24, 2.45) is 12.8 Å². The summed E-state index contributed by atoms with van der Waals surface area (Å²) in [5, 5.41) is 7.77. The molecule has 0 fully saturated rings. The van der Waals surface area contributed by atoms with Gasteiger partial charge in [0, 0.05) is 13.2 Å². The predicted molar refractivity (Wildman–Crippen MR) is 61.5 cm³/mol. The van der Waals surface area contributed by atoms with E-state index in [9.17, 15) is 0 Å². The molecule has 0 aliphatic heterocycles. The summed E-state index contributed by atoms with van der Waals surface area (Å²) in [5.74, 6) is 0.694. The highest BCUT2D eigenvalue weighted by Gasteiger charge is 2.19. The van der Waals surface area contributed by atoms with Crippen molar-refractivity contribution in [1.82, 2.24) is 25.0 Å². The van der Waals surface area contributed by atoms with Crippen molar-refractivity contribution in [2.45, 2.75) is 13.0 Å². The first-order valence-electron chi connectivity index (χ1n) is 4.70. The van der Waals surface area contributed by atoms with E-state index < -0.39 is 0 Å². The van der Waals surface area contributed by atoms with E-state index in [0.29, 0.717) is 10.4 Å².